The lowest BCUT2D eigenvalue weighted by Crippen LogP contribution is -2.60. The lowest BCUT2D eigenvalue weighted by atomic mass is 9.87. The number of aliphatic hydroxyl groups is 4. The number of ether oxygens (including phenoxy) is 8. The second-order valence-electron chi connectivity index (χ2n) is 18.6. The van der Waals surface area contributed by atoms with Gasteiger partial charge in [-0.1, -0.05) is 13.8 Å². The number of aliphatic hydroxyl groups excluding tert-OH is 4. The van der Waals surface area contributed by atoms with Gasteiger partial charge in [-0.3, -0.25) is 28.8 Å². The largest absolute Gasteiger partial charge is 0.480 e. The molecule has 2 heterocycles. The number of aliphatic imine (C=N–C) groups is 2. The third-order valence-electron chi connectivity index (χ3n) is 11.9. The molecule has 0 saturated heterocycles. The molecule has 0 aliphatic carbocycles. The van der Waals surface area contributed by atoms with E-state index in [1.807, 2.05) is 6.92 Å². The minimum absolute atomic E-state index is 0.000976. The van der Waals surface area contributed by atoms with E-state index in [0.717, 1.165) is 24.3 Å². The molecule has 6 amide bonds. The first kappa shape index (κ1) is 72.1. The number of carbonyl (C=O) groups excluding carboxylic acids is 6. The number of rotatable bonds is 43. The average molecular weight is 1190 g/mol. The summed E-state index contributed by atoms with van der Waals surface area (Å²) < 4.78 is 44.1. The fourth-order valence-corrected chi connectivity index (χ4v) is 7.91. The highest BCUT2D eigenvalue weighted by Crippen LogP contribution is 2.31. The zero-order chi connectivity index (χ0) is 61.9. The lowest BCUT2D eigenvalue weighted by molar-refractivity contribution is -0.160. The van der Waals surface area contributed by atoms with Gasteiger partial charge in [0.05, 0.1) is 84.0 Å². The summed E-state index contributed by atoms with van der Waals surface area (Å²) in [6.45, 7) is 2.81. The maximum Gasteiger partial charge on any atom is 0.370 e. The predicted octanol–water partition coefficient (Wildman–Crippen LogP) is -7.44. The van der Waals surface area contributed by atoms with Crippen LogP contribution in [0.1, 0.15) is 46.5 Å². The van der Waals surface area contributed by atoms with E-state index in [9.17, 15) is 69.0 Å². The van der Waals surface area contributed by atoms with E-state index in [-0.39, 0.29) is 71.2 Å². The number of guanidine groups is 2. The van der Waals surface area contributed by atoms with Crippen LogP contribution >= 0.6 is 0 Å². The Bertz CT molecular complexity index is 2180. The number of aliphatic carboxylic acids is 2. The zero-order valence-corrected chi connectivity index (χ0v) is 46.9. The van der Waals surface area contributed by atoms with Gasteiger partial charge in [-0.05, 0) is 31.4 Å². The third kappa shape index (κ3) is 28.7. The summed E-state index contributed by atoms with van der Waals surface area (Å²) in [5.41, 5.74) is 22.1. The maximum atomic E-state index is 13.4. The standard InChI is InChI=1S/C49H84N12O22/c1-4-12-76-14-16-78-18-19-79-17-15-77-13-7-40(71)61(22-36(67)54-8-5-10-56-38(69)26-80-43(32(65)24-62)42-28(2)30(59-48(50)51)20-34(82-42)46(72)73)23-37(68)55-9-6-11-57-39(70)27-81-44(33(66)25-63)45-41(58-29(3)64)31(60-49(52)53)21-35(83-45)47(74)75/h20-21,28,30-33,41-45,62-63,65-66H,4-19,22-27H2,1-3H3,(H,54,67)(H,55,68)(H,56,69)(H,57,70)(H,58,64)(H,72,73)(H,74,75)(H4,50,51,59)(H4,52,53,60)/t28-,30+,31+,32-,33-,41-,42-,43-,44-,45-/m1/s1. The van der Waals surface area contributed by atoms with Crippen molar-refractivity contribution < 1.29 is 107 Å². The highest BCUT2D eigenvalue weighted by molar-refractivity contribution is 5.89. The van der Waals surface area contributed by atoms with Crippen molar-refractivity contribution in [2.45, 2.75) is 101 Å². The molecule has 0 aromatic heterocycles. The summed E-state index contributed by atoms with van der Waals surface area (Å²) in [5.74, 6) is -9.72. The predicted molar refractivity (Wildman–Crippen MR) is 289 cm³/mol. The molecule has 472 valence electrons. The topological polar surface area (TPSA) is 524 Å². The van der Waals surface area contributed by atoms with E-state index in [4.69, 9.17) is 60.8 Å². The number of nitrogens with two attached hydrogens (primary N) is 4. The summed E-state index contributed by atoms with van der Waals surface area (Å²) in [6, 6.07) is -3.38. The van der Waals surface area contributed by atoms with Crippen LogP contribution in [0.15, 0.2) is 33.7 Å². The summed E-state index contributed by atoms with van der Waals surface area (Å²) in [4.78, 5) is 110. The summed E-state index contributed by atoms with van der Waals surface area (Å²) >= 11 is 0. The number of carbonyl (C=O) groups is 8. The maximum absolute atomic E-state index is 13.4. The molecule has 19 N–H and O–H groups in total. The van der Waals surface area contributed by atoms with E-state index < -0.39 is 165 Å². The van der Waals surface area contributed by atoms with Crippen molar-refractivity contribution in [1.82, 2.24) is 31.5 Å². The number of carboxylic acids is 2. The Morgan fingerprint density at radius 1 is 0.614 bits per heavy atom. The van der Waals surface area contributed by atoms with Crippen molar-refractivity contribution >= 4 is 59.3 Å². The monoisotopic (exact) mass is 1190 g/mol. The van der Waals surface area contributed by atoms with Crippen LogP contribution in [0.25, 0.3) is 0 Å². The van der Waals surface area contributed by atoms with Crippen molar-refractivity contribution in [3.05, 3.63) is 23.7 Å². The van der Waals surface area contributed by atoms with E-state index in [0.29, 0.717) is 33.0 Å². The Balaban J connectivity index is 1.97. The number of amides is 6. The molecule has 0 aromatic rings. The Kier molecular flexibility index (Phi) is 35.0. The number of hydrogen-bond acceptors (Lipinski definition) is 22. The molecule has 0 bridgehead atoms. The molecule has 0 aromatic carbocycles. The van der Waals surface area contributed by atoms with E-state index in [1.165, 1.54) is 6.08 Å². The SMILES string of the molecule is CCCOCCOCCOCCOCCC(=O)N(CC(=O)NCCCNC(=O)CO[C@@H]([C@@H]1OC(C(=O)O)=C[C@H](N=C(N)N)[C@H]1C)[C@H](O)CO)CC(=O)NCCCNC(=O)CO[C@@H]([C@@H]1OC(C(=O)O)=C[C@H](N=C(N)N)[C@H]1NC(C)=O)[C@H](O)CO. The fraction of sp³-hybridized carbons (Fsp3) is 0.714. The van der Waals surface area contributed by atoms with Crippen molar-refractivity contribution in [3.8, 4) is 0 Å². The highest BCUT2D eigenvalue weighted by Gasteiger charge is 2.46. The first-order chi connectivity index (χ1) is 39.5. The fourth-order valence-electron chi connectivity index (χ4n) is 7.91. The molecule has 2 rings (SSSR count). The van der Waals surface area contributed by atoms with E-state index >= 15 is 0 Å². The van der Waals surface area contributed by atoms with Crippen LogP contribution in [0, 0.1) is 5.92 Å². The minimum atomic E-state index is -1.77. The lowest BCUT2D eigenvalue weighted by Gasteiger charge is -2.40. The van der Waals surface area contributed by atoms with Gasteiger partial charge in [0, 0.05) is 45.6 Å². The summed E-state index contributed by atoms with van der Waals surface area (Å²) in [6.07, 6.45) is -5.99. The molecular formula is C49H84N12O22. The van der Waals surface area contributed by atoms with Crippen LogP contribution in [0.5, 0.6) is 0 Å². The van der Waals surface area contributed by atoms with Crippen molar-refractivity contribution in [1.29, 1.82) is 0 Å². The van der Waals surface area contributed by atoms with Crippen LogP contribution in [0.2, 0.25) is 0 Å². The summed E-state index contributed by atoms with van der Waals surface area (Å²) in [5, 5.41) is 72.9. The van der Waals surface area contributed by atoms with Crippen LogP contribution < -0.4 is 49.5 Å². The van der Waals surface area contributed by atoms with Crippen molar-refractivity contribution in [2.75, 3.05) is 119 Å². The Hall–Kier alpha value is -7.02. The molecule has 0 saturated carbocycles. The third-order valence-corrected chi connectivity index (χ3v) is 11.9. The van der Waals surface area contributed by atoms with Gasteiger partial charge in [0.25, 0.3) is 0 Å². The molecule has 83 heavy (non-hydrogen) atoms. The number of nitrogens with zero attached hydrogens (tertiary/aromatic N) is 3. The van der Waals surface area contributed by atoms with Gasteiger partial charge in [-0.2, -0.15) is 0 Å². The Labute approximate surface area is 478 Å². The minimum Gasteiger partial charge on any atom is -0.480 e. The first-order valence-corrected chi connectivity index (χ1v) is 26.7. The molecular weight excluding hydrogens is 1110 g/mol. The quantitative estimate of drug-likeness (QED) is 0.0153. The number of carboxylic acid groups (broad SMARTS) is 2. The Morgan fingerprint density at radius 2 is 1.01 bits per heavy atom. The molecule has 34 nitrogen and oxygen atoms in total. The van der Waals surface area contributed by atoms with E-state index in [1.54, 1.807) is 6.92 Å². The highest BCUT2D eigenvalue weighted by atomic mass is 16.6. The van der Waals surface area contributed by atoms with Gasteiger partial charge < -0.3 is 123 Å². The molecule has 0 spiro atoms. The molecule has 2 aliphatic rings. The molecule has 0 unspecified atom stereocenters. The van der Waals surface area contributed by atoms with Crippen LogP contribution in [0.3, 0.4) is 0 Å². The van der Waals surface area contributed by atoms with Crippen LogP contribution in [0.4, 0.5) is 0 Å². The van der Waals surface area contributed by atoms with Crippen molar-refractivity contribution in [3.63, 3.8) is 0 Å². The smallest absolute Gasteiger partial charge is 0.370 e. The number of hydrogen-bond donors (Lipinski definition) is 15. The molecule has 0 radical (unpaired) electrons. The zero-order valence-electron chi connectivity index (χ0n) is 46.9. The van der Waals surface area contributed by atoms with Crippen molar-refractivity contribution in [2.24, 2.45) is 38.8 Å². The second kappa shape index (κ2) is 40.2. The van der Waals surface area contributed by atoms with Gasteiger partial charge in [-0.15, -0.1) is 0 Å². The molecule has 0 fully saturated rings. The first-order valence-electron chi connectivity index (χ1n) is 26.7. The molecule has 34 heteroatoms. The van der Waals surface area contributed by atoms with Crippen LogP contribution in [-0.2, 0) is 76.3 Å². The van der Waals surface area contributed by atoms with Gasteiger partial charge in [0.2, 0.25) is 47.0 Å². The molecule has 10 atom stereocenters. The second-order valence-corrected chi connectivity index (χ2v) is 18.6. The van der Waals surface area contributed by atoms with E-state index in [2.05, 4.69) is 36.6 Å². The van der Waals surface area contributed by atoms with Gasteiger partial charge in [0.1, 0.15) is 56.8 Å². The average Bonchev–Trinajstić information content (AvgIpc) is 3.62. The van der Waals surface area contributed by atoms with Gasteiger partial charge in [-0.25, -0.2) is 19.6 Å². The Morgan fingerprint density at radius 3 is 1.43 bits per heavy atom. The number of nitrogens with one attached hydrogen (secondary N) is 5. The summed E-state index contributed by atoms with van der Waals surface area (Å²) in [7, 11) is 0. The van der Waals surface area contributed by atoms with Crippen LogP contribution in [-0.4, -0.2) is 268 Å². The normalized spacial score (nSPS) is 19.7. The van der Waals surface area contributed by atoms with Gasteiger partial charge in [0.15, 0.2) is 18.0 Å². The van der Waals surface area contributed by atoms with Gasteiger partial charge >= 0.3 is 11.9 Å². The molecule has 2 aliphatic heterocycles.